The highest BCUT2D eigenvalue weighted by Crippen LogP contribution is 2.27. The van der Waals surface area contributed by atoms with E-state index in [2.05, 4.69) is 19.2 Å². The summed E-state index contributed by atoms with van der Waals surface area (Å²) in [4.78, 5) is 25.6. The lowest BCUT2D eigenvalue weighted by molar-refractivity contribution is 0.0951. The van der Waals surface area contributed by atoms with Crippen LogP contribution in [0.1, 0.15) is 50.4 Å². The second kappa shape index (κ2) is 8.89. The number of carbonyl (C=O) groups is 1. The van der Waals surface area contributed by atoms with Gasteiger partial charge in [-0.3, -0.25) is 9.59 Å². The zero-order valence-electron chi connectivity index (χ0n) is 18.1. The standard InChI is InChI=1S/C22H31N3O4S/c1-5-6-9-23-22(27)19-14-24(4)20-8-7-17(11-18(20)21(19)26)30(28,29)25-12-15(2)10-16(3)13-25/h7-8,11,14-16H,5-6,9-10,12-13H2,1-4H3,(H,23,27)/t15-,16-/m1/s1. The molecule has 1 aliphatic rings. The Morgan fingerprint density at radius 2 is 1.87 bits per heavy atom. The maximum atomic E-state index is 13.2. The summed E-state index contributed by atoms with van der Waals surface area (Å²) < 4.78 is 29.7. The Balaban J connectivity index is 2.03. The minimum absolute atomic E-state index is 0.0240. The van der Waals surface area contributed by atoms with Crippen LogP contribution in [0.5, 0.6) is 0 Å². The number of nitrogens with zero attached hydrogens (tertiary/aromatic N) is 2. The van der Waals surface area contributed by atoms with E-state index in [1.165, 1.54) is 16.6 Å². The molecule has 0 aliphatic carbocycles. The molecular weight excluding hydrogens is 402 g/mol. The predicted octanol–water partition coefficient (Wildman–Crippen LogP) is 2.74. The molecule has 1 aromatic heterocycles. The third-order valence-corrected chi connectivity index (χ3v) is 7.52. The van der Waals surface area contributed by atoms with E-state index in [0.717, 1.165) is 19.3 Å². The molecule has 1 aromatic carbocycles. The van der Waals surface area contributed by atoms with Crippen LogP contribution in [0.3, 0.4) is 0 Å². The Hall–Kier alpha value is -2.19. The number of hydrogen-bond donors (Lipinski definition) is 1. The Kier molecular flexibility index (Phi) is 6.67. The van der Waals surface area contributed by atoms with Crippen LogP contribution in [-0.4, -0.2) is 42.8 Å². The molecule has 0 spiro atoms. The molecule has 1 N–H and O–H groups in total. The van der Waals surface area contributed by atoms with Crippen molar-refractivity contribution in [2.45, 2.75) is 44.9 Å². The van der Waals surface area contributed by atoms with Gasteiger partial charge in [0.05, 0.1) is 10.4 Å². The number of fused-ring (bicyclic) bond motifs is 1. The summed E-state index contributed by atoms with van der Waals surface area (Å²) in [6.45, 7) is 7.57. The Bertz CT molecular complexity index is 1100. The topological polar surface area (TPSA) is 88.5 Å². The van der Waals surface area contributed by atoms with Gasteiger partial charge >= 0.3 is 0 Å². The molecule has 2 atom stereocenters. The first kappa shape index (κ1) is 22.5. The Morgan fingerprint density at radius 3 is 2.50 bits per heavy atom. The number of carbonyl (C=O) groups excluding carboxylic acids is 1. The van der Waals surface area contributed by atoms with E-state index in [4.69, 9.17) is 0 Å². The first-order valence-corrected chi connectivity index (χ1v) is 12.0. The van der Waals surface area contributed by atoms with Gasteiger partial charge in [0.25, 0.3) is 5.91 Å². The number of rotatable bonds is 6. The number of pyridine rings is 1. The molecule has 0 radical (unpaired) electrons. The lowest BCUT2D eigenvalue weighted by Crippen LogP contribution is -2.42. The molecule has 8 heteroatoms. The molecule has 2 heterocycles. The number of benzene rings is 1. The summed E-state index contributed by atoms with van der Waals surface area (Å²) in [6.07, 6.45) is 4.27. The minimum Gasteiger partial charge on any atom is -0.352 e. The van der Waals surface area contributed by atoms with Crippen LogP contribution in [0.4, 0.5) is 0 Å². The number of piperidine rings is 1. The van der Waals surface area contributed by atoms with Crippen molar-refractivity contribution >= 4 is 26.8 Å². The fourth-order valence-corrected chi connectivity index (χ4v) is 5.93. The van der Waals surface area contributed by atoms with Gasteiger partial charge in [-0.1, -0.05) is 27.2 Å². The zero-order chi connectivity index (χ0) is 22.1. The summed E-state index contributed by atoms with van der Waals surface area (Å²) in [5, 5.41) is 3.00. The molecule has 2 aromatic rings. The number of sulfonamides is 1. The minimum atomic E-state index is -3.71. The van der Waals surface area contributed by atoms with Gasteiger partial charge in [0.2, 0.25) is 15.5 Å². The van der Waals surface area contributed by atoms with Gasteiger partial charge in [0.15, 0.2) is 0 Å². The van der Waals surface area contributed by atoms with E-state index in [9.17, 15) is 18.0 Å². The van der Waals surface area contributed by atoms with Crippen molar-refractivity contribution in [1.82, 2.24) is 14.2 Å². The first-order valence-electron chi connectivity index (χ1n) is 10.6. The number of hydrogen-bond acceptors (Lipinski definition) is 4. The van der Waals surface area contributed by atoms with Gasteiger partial charge in [0.1, 0.15) is 5.56 Å². The zero-order valence-corrected chi connectivity index (χ0v) is 19.0. The van der Waals surface area contributed by atoms with Crippen molar-refractivity contribution in [3.8, 4) is 0 Å². The summed E-state index contributed by atoms with van der Waals surface area (Å²) in [5.41, 5.74) is 0.162. The van der Waals surface area contributed by atoms with Crippen LogP contribution < -0.4 is 10.7 Å². The van der Waals surface area contributed by atoms with Crippen LogP contribution in [-0.2, 0) is 17.1 Å². The van der Waals surface area contributed by atoms with Crippen LogP contribution in [0, 0.1) is 11.8 Å². The number of aryl methyl sites for hydroxylation is 1. The van der Waals surface area contributed by atoms with E-state index >= 15 is 0 Å². The third-order valence-electron chi connectivity index (χ3n) is 5.69. The van der Waals surface area contributed by atoms with E-state index < -0.39 is 21.4 Å². The maximum absolute atomic E-state index is 13.2. The lowest BCUT2D eigenvalue weighted by Gasteiger charge is -2.34. The fourth-order valence-electron chi connectivity index (χ4n) is 4.22. The smallest absolute Gasteiger partial charge is 0.256 e. The predicted molar refractivity (Wildman–Crippen MR) is 118 cm³/mol. The second-order valence-electron chi connectivity index (χ2n) is 8.54. The van der Waals surface area contributed by atoms with E-state index in [0.29, 0.717) is 25.2 Å². The summed E-state index contributed by atoms with van der Waals surface area (Å²) in [6, 6.07) is 4.60. The fraction of sp³-hybridized carbons (Fsp3) is 0.545. The molecule has 0 bridgehead atoms. The van der Waals surface area contributed by atoms with Crippen molar-refractivity contribution in [3.05, 3.63) is 40.2 Å². The molecule has 1 saturated heterocycles. The van der Waals surface area contributed by atoms with Crippen LogP contribution in [0.15, 0.2) is 34.1 Å². The summed E-state index contributed by atoms with van der Waals surface area (Å²) >= 11 is 0. The van der Waals surface area contributed by atoms with Gasteiger partial charge < -0.3 is 9.88 Å². The Labute approximate surface area is 178 Å². The van der Waals surface area contributed by atoms with Crippen molar-refractivity contribution < 1.29 is 13.2 Å². The molecule has 7 nitrogen and oxygen atoms in total. The van der Waals surface area contributed by atoms with Gasteiger partial charge in [-0.15, -0.1) is 0 Å². The lowest BCUT2D eigenvalue weighted by atomic mass is 9.94. The molecule has 30 heavy (non-hydrogen) atoms. The molecular formula is C22H31N3O4S. The van der Waals surface area contributed by atoms with Gasteiger partial charge in [-0.2, -0.15) is 4.31 Å². The number of nitrogens with one attached hydrogen (secondary N) is 1. The van der Waals surface area contributed by atoms with Gasteiger partial charge in [-0.05, 0) is 42.9 Å². The molecule has 1 fully saturated rings. The van der Waals surface area contributed by atoms with Crippen LogP contribution in [0.2, 0.25) is 0 Å². The molecule has 1 amide bonds. The second-order valence-corrected chi connectivity index (χ2v) is 10.5. The van der Waals surface area contributed by atoms with Crippen molar-refractivity contribution in [3.63, 3.8) is 0 Å². The monoisotopic (exact) mass is 433 g/mol. The highest BCUT2D eigenvalue weighted by atomic mass is 32.2. The normalized spacial score (nSPS) is 20.4. The van der Waals surface area contributed by atoms with Gasteiger partial charge in [-0.25, -0.2) is 8.42 Å². The van der Waals surface area contributed by atoms with Crippen molar-refractivity contribution in [2.75, 3.05) is 19.6 Å². The molecule has 3 rings (SSSR count). The first-order chi connectivity index (χ1) is 14.1. The highest BCUT2D eigenvalue weighted by molar-refractivity contribution is 7.89. The van der Waals surface area contributed by atoms with E-state index in [-0.39, 0.29) is 27.7 Å². The SMILES string of the molecule is CCCCNC(=O)c1cn(C)c2ccc(S(=O)(=O)N3C[C@H](C)C[C@@H](C)C3)cc2c1=O. The average Bonchev–Trinajstić information content (AvgIpc) is 2.69. The molecule has 0 unspecified atom stereocenters. The average molecular weight is 434 g/mol. The summed E-state index contributed by atoms with van der Waals surface area (Å²) in [5.74, 6) is 0.142. The van der Waals surface area contributed by atoms with E-state index in [1.807, 2.05) is 6.92 Å². The van der Waals surface area contributed by atoms with Crippen LogP contribution >= 0.6 is 0 Å². The van der Waals surface area contributed by atoms with E-state index in [1.54, 1.807) is 23.7 Å². The largest absolute Gasteiger partial charge is 0.352 e. The molecule has 164 valence electrons. The summed E-state index contributed by atoms with van der Waals surface area (Å²) in [7, 11) is -1.97. The molecule has 1 aliphatic heterocycles. The van der Waals surface area contributed by atoms with Gasteiger partial charge in [0, 0.05) is 38.3 Å². The maximum Gasteiger partial charge on any atom is 0.256 e. The highest BCUT2D eigenvalue weighted by Gasteiger charge is 2.32. The molecule has 0 saturated carbocycles. The third kappa shape index (κ3) is 4.44. The van der Waals surface area contributed by atoms with Crippen LogP contribution in [0.25, 0.3) is 10.9 Å². The number of unbranched alkanes of at least 4 members (excludes halogenated alkanes) is 1. The quantitative estimate of drug-likeness (QED) is 0.710. The van der Waals surface area contributed by atoms with Crippen molar-refractivity contribution in [2.24, 2.45) is 18.9 Å². The number of aromatic nitrogens is 1. The number of amides is 1. The van der Waals surface area contributed by atoms with Crippen molar-refractivity contribution in [1.29, 1.82) is 0 Å². The Morgan fingerprint density at radius 1 is 1.20 bits per heavy atom.